The monoisotopic (exact) mass is 246 g/mol. The van der Waals surface area contributed by atoms with Crippen molar-refractivity contribution in [2.45, 2.75) is 23.5 Å². The fourth-order valence-corrected chi connectivity index (χ4v) is 4.45. The maximum Gasteiger partial charge on any atom is 0.252 e. The van der Waals surface area contributed by atoms with Crippen LogP contribution in [0, 0.1) is 0 Å². The Morgan fingerprint density at radius 1 is 1.27 bits per heavy atom. The van der Waals surface area contributed by atoms with Crippen LogP contribution in [0.25, 0.3) is 0 Å². The van der Waals surface area contributed by atoms with E-state index in [1.807, 2.05) is 0 Å². The van der Waals surface area contributed by atoms with Gasteiger partial charge in [-0.3, -0.25) is 0 Å². The molecule has 0 bridgehead atoms. The van der Waals surface area contributed by atoms with E-state index in [0.717, 1.165) is 19.3 Å². The van der Waals surface area contributed by atoms with Crippen molar-refractivity contribution in [3.05, 3.63) is 11.4 Å². The van der Waals surface area contributed by atoms with Crippen molar-refractivity contribution in [1.29, 1.82) is 0 Å². The van der Waals surface area contributed by atoms with Crippen molar-refractivity contribution < 1.29 is 8.42 Å². The minimum absolute atomic E-state index is 0.363. The highest BCUT2D eigenvalue weighted by Gasteiger charge is 2.26. The third-order valence-corrected chi connectivity index (χ3v) is 5.84. The molecule has 1 saturated heterocycles. The first-order chi connectivity index (χ1) is 7.10. The lowest BCUT2D eigenvalue weighted by Gasteiger charge is -2.24. The SMILES string of the molecule is Nc1csc(S(=O)(=O)N2CCCCC2)c1. The Morgan fingerprint density at radius 3 is 2.47 bits per heavy atom. The Bertz CT molecular complexity index is 433. The summed E-state index contributed by atoms with van der Waals surface area (Å²) >= 11 is 1.20. The maximum atomic E-state index is 12.1. The van der Waals surface area contributed by atoms with E-state index < -0.39 is 10.0 Å². The molecule has 2 rings (SSSR count). The second-order valence-corrected chi connectivity index (χ2v) is 6.74. The van der Waals surface area contributed by atoms with Gasteiger partial charge in [-0.25, -0.2) is 8.42 Å². The van der Waals surface area contributed by atoms with Crippen LogP contribution in [0.2, 0.25) is 0 Å². The third-order valence-electron chi connectivity index (χ3n) is 2.50. The van der Waals surface area contributed by atoms with Crippen molar-refractivity contribution in [3.63, 3.8) is 0 Å². The van der Waals surface area contributed by atoms with Crippen LogP contribution in [0.3, 0.4) is 0 Å². The molecule has 0 saturated carbocycles. The Kier molecular flexibility index (Phi) is 2.99. The van der Waals surface area contributed by atoms with Gasteiger partial charge in [0.1, 0.15) is 4.21 Å². The van der Waals surface area contributed by atoms with Gasteiger partial charge in [0.05, 0.1) is 0 Å². The number of rotatable bonds is 2. The van der Waals surface area contributed by atoms with E-state index in [4.69, 9.17) is 5.73 Å². The average Bonchev–Trinajstić information content (AvgIpc) is 2.67. The summed E-state index contributed by atoms with van der Waals surface area (Å²) in [5.74, 6) is 0. The number of hydrogen-bond acceptors (Lipinski definition) is 4. The summed E-state index contributed by atoms with van der Waals surface area (Å²) in [7, 11) is -3.27. The van der Waals surface area contributed by atoms with Gasteiger partial charge in [0, 0.05) is 24.2 Å². The van der Waals surface area contributed by atoms with Crippen LogP contribution in [0.5, 0.6) is 0 Å². The van der Waals surface area contributed by atoms with Crippen LogP contribution < -0.4 is 5.73 Å². The number of anilines is 1. The fourth-order valence-electron chi connectivity index (χ4n) is 1.70. The molecule has 1 aliphatic rings. The van der Waals surface area contributed by atoms with E-state index in [0.29, 0.717) is 23.0 Å². The van der Waals surface area contributed by atoms with E-state index in [-0.39, 0.29) is 0 Å². The summed E-state index contributed by atoms with van der Waals surface area (Å²) in [6, 6.07) is 1.54. The first kappa shape index (κ1) is 10.9. The Morgan fingerprint density at radius 2 is 1.93 bits per heavy atom. The third kappa shape index (κ3) is 2.16. The number of nitrogen functional groups attached to an aromatic ring is 1. The van der Waals surface area contributed by atoms with E-state index >= 15 is 0 Å². The van der Waals surface area contributed by atoms with Crippen LogP contribution in [0.15, 0.2) is 15.7 Å². The highest BCUT2D eigenvalue weighted by Crippen LogP contribution is 2.26. The number of sulfonamides is 1. The zero-order valence-electron chi connectivity index (χ0n) is 8.35. The molecular weight excluding hydrogens is 232 g/mol. The summed E-state index contributed by atoms with van der Waals surface area (Å²) in [6.45, 7) is 1.28. The summed E-state index contributed by atoms with van der Waals surface area (Å²) in [5.41, 5.74) is 6.06. The molecular formula is C9H14N2O2S2. The normalized spacial score (nSPS) is 19.2. The van der Waals surface area contributed by atoms with Crippen molar-refractivity contribution in [3.8, 4) is 0 Å². The molecule has 0 aliphatic carbocycles. The number of hydrogen-bond donors (Lipinski definition) is 1. The molecule has 15 heavy (non-hydrogen) atoms. The zero-order chi connectivity index (χ0) is 10.9. The summed E-state index contributed by atoms with van der Waals surface area (Å²) in [5, 5.41) is 1.66. The summed E-state index contributed by atoms with van der Waals surface area (Å²) in [6.07, 6.45) is 3.04. The summed E-state index contributed by atoms with van der Waals surface area (Å²) in [4.78, 5) is 0. The quantitative estimate of drug-likeness (QED) is 0.860. The molecule has 1 aliphatic heterocycles. The largest absolute Gasteiger partial charge is 0.398 e. The topological polar surface area (TPSA) is 63.4 Å². The van der Waals surface area contributed by atoms with Gasteiger partial charge in [0.2, 0.25) is 0 Å². The van der Waals surface area contributed by atoms with Gasteiger partial charge >= 0.3 is 0 Å². The lowest BCUT2D eigenvalue weighted by atomic mass is 10.2. The van der Waals surface area contributed by atoms with E-state index in [9.17, 15) is 8.42 Å². The van der Waals surface area contributed by atoms with Crippen LogP contribution in [-0.2, 0) is 10.0 Å². The van der Waals surface area contributed by atoms with E-state index in [1.54, 1.807) is 9.69 Å². The molecule has 4 nitrogen and oxygen atoms in total. The van der Waals surface area contributed by atoms with Gasteiger partial charge in [-0.2, -0.15) is 4.31 Å². The molecule has 1 aromatic heterocycles. The van der Waals surface area contributed by atoms with Gasteiger partial charge in [0.15, 0.2) is 0 Å². The first-order valence-corrected chi connectivity index (χ1v) is 7.27. The Hall–Kier alpha value is -0.590. The lowest BCUT2D eigenvalue weighted by Crippen LogP contribution is -2.35. The molecule has 6 heteroatoms. The highest BCUT2D eigenvalue weighted by molar-refractivity contribution is 7.91. The smallest absolute Gasteiger partial charge is 0.252 e. The Balaban J connectivity index is 2.26. The Labute approximate surface area is 93.8 Å². The van der Waals surface area contributed by atoms with Crippen LogP contribution in [-0.4, -0.2) is 25.8 Å². The van der Waals surface area contributed by atoms with Gasteiger partial charge < -0.3 is 5.73 Å². The predicted molar refractivity (Wildman–Crippen MR) is 61.3 cm³/mol. The van der Waals surface area contributed by atoms with Crippen LogP contribution in [0.4, 0.5) is 5.69 Å². The second kappa shape index (κ2) is 4.11. The highest BCUT2D eigenvalue weighted by atomic mass is 32.2. The standard InChI is InChI=1S/C9H14N2O2S2/c10-8-6-9(14-7-8)15(12,13)11-4-2-1-3-5-11/h6-7H,1-5,10H2. The van der Waals surface area contributed by atoms with Gasteiger partial charge in [0.25, 0.3) is 10.0 Å². The summed E-state index contributed by atoms with van der Waals surface area (Å²) < 4.78 is 26.1. The molecule has 0 amide bonds. The molecule has 1 fully saturated rings. The van der Waals surface area contributed by atoms with Crippen LogP contribution >= 0.6 is 11.3 Å². The van der Waals surface area contributed by atoms with Gasteiger partial charge in [-0.1, -0.05) is 6.42 Å². The molecule has 0 unspecified atom stereocenters. The molecule has 0 spiro atoms. The van der Waals surface area contributed by atoms with E-state index in [1.165, 1.54) is 17.4 Å². The molecule has 0 atom stereocenters. The van der Waals surface area contributed by atoms with Gasteiger partial charge in [-0.15, -0.1) is 11.3 Å². The van der Waals surface area contributed by atoms with Crippen molar-refractivity contribution in [2.75, 3.05) is 18.8 Å². The second-order valence-electron chi connectivity index (χ2n) is 3.66. The fraction of sp³-hybridized carbons (Fsp3) is 0.556. The molecule has 2 heterocycles. The predicted octanol–water partition coefficient (Wildman–Crippen LogP) is 1.50. The number of nitrogens with two attached hydrogens (primary N) is 1. The number of nitrogens with zero attached hydrogens (tertiary/aromatic N) is 1. The van der Waals surface area contributed by atoms with Gasteiger partial charge in [-0.05, 0) is 18.9 Å². The maximum absolute atomic E-state index is 12.1. The zero-order valence-corrected chi connectivity index (χ0v) is 9.98. The molecule has 84 valence electrons. The van der Waals surface area contributed by atoms with Crippen molar-refractivity contribution in [1.82, 2.24) is 4.31 Å². The molecule has 0 radical (unpaired) electrons. The van der Waals surface area contributed by atoms with Crippen LogP contribution in [0.1, 0.15) is 19.3 Å². The average molecular weight is 246 g/mol. The number of thiophene rings is 1. The van der Waals surface area contributed by atoms with Crippen molar-refractivity contribution >= 4 is 27.0 Å². The minimum atomic E-state index is -3.27. The first-order valence-electron chi connectivity index (χ1n) is 4.95. The molecule has 1 aromatic rings. The number of piperidine rings is 1. The molecule has 0 aromatic carbocycles. The van der Waals surface area contributed by atoms with E-state index in [2.05, 4.69) is 0 Å². The minimum Gasteiger partial charge on any atom is -0.398 e. The molecule has 2 N–H and O–H groups in total. The van der Waals surface area contributed by atoms with Crippen molar-refractivity contribution in [2.24, 2.45) is 0 Å². The lowest BCUT2D eigenvalue weighted by molar-refractivity contribution is 0.347.